The number of fused-ring (bicyclic) bond motifs is 1. The zero-order valence-electron chi connectivity index (χ0n) is 16.8. The molecule has 2 heterocycles. The van der Waals surface area contributed by atoms with Crippen molar-refractivity contribution in [2.75, 3.05) is 60.1 Å². The molecular formula is C23H29N5O. The van der Waals surface area contributed by atoms with Crippen molar-refractivity contribution in [1.82, 2.24) is 4.90 Å². The molecule has 0 unspecified atom stereocenters. The monoisotopic (exact) mass is 391 g/mol. The summed E-state index contributed by atoms with van der Waals surface area (Å²) in [4.78, 5) is 17.8. The average molecular weight is 392 g/mol. The number of carbonyl (C=O) groups is 1. The number of rotatable bonds is 4. The summed E-state index contributed by atoms with van der Waals surface area (Å²) in [6, 6.07) is 14.9. The molecule has 29 heavy (non-hydrogen) atoms. The molecular weight excluding hydrogens is 362 g/mol. The summed E-state index contributed by atoms with van der Waals surface area (Å²) in [5, 5.41) is 9.81. The average Bonchev–Trinajstić information content (AvgIpc) is 3.61. The fourth-order valence-corrected chi connectivity index (χ4v) is 4.26. The van der Waals surface area contributed by atoms with E-state index in [1.807, 2.05) is 30.3 Å². The van der Waals surface area contributed by atoms with Crippen LogP contribution in [0, 0.1) is 0 Å². The second kappa shape index (κ2) is 7.95. The molecule has 2 aromatic rings. The molecule has 1 amide bonds. The predicted molar refractivity (Wildman–Crippen MR) is 119 cm³/mol. The van der Waals surface area contributed by atoms with Gasteiger partial charge >= 0.3 is 0 Å². The number of benzene rings is 2. The molecule has 1 aliphatic carbocycles. The highest BCUT2D eigenvalue weighted by molar-refractivity contribution is 6.05. The number of carbonyl (C=O) groups excluding carboxylic acids is 1. The quantitative estimate of drug-likeness (QED) is 0.745. The first-order valence-electron chi connectivity index (χ1n) is 10.8. The summed E-state index contributed by atoms with van der Waals surface area (Å²) in [7, 11) is 0. The van der Waals surface area contributed by atoms with Crippen LogP contribution < -0.4 is 20.9 Å². The van der Waals surface area contributed by atoms with E-state index in [1.165, 1.54) is 18.5 Å². The number of piperazine rings is 1. The van der Waals surface area contributed by atoms with Crippen LogP contribution in [0.1, 0.15) is 29.6 Å². The second-order valence-corrected chi connectivity index (χ2v) is 8.22. The molecule has 6 heteroatoms. The van der Waals surface area contributed by atoms with Gasteiger partial charge < -0.3 is 20.9 Å². The smallest absolute Gasteiger partial charge is 0.255 e. The van der Waals surface area contributed by atoms with Gasteiger partial charge in [0.15, 0.2) is 0 Å². The molecule has 0 bridgehead atoms. The second-order valence-electron chi connectivity index (χ2n) is 8.22. The zero-order valence-corrected chi connectivity index (χ0v) is 16.8. The molecule has 6 nitrogen and oxygen atoms in total. The first-order valence-corrected chi connectivity index (χ1v) is 10.8. The Labute approximate surface area is 172 Å². The van der Waals surface area contributed by atoms with Gasteiger partial charge in [0.25, 0.3) is 5.91 Å². The molecule has 152 valence electrons. The van der Waals surface area contributed by atoms with Crippen LogP contribution in [-0.4, -0.2) is 56.1 Å². The van der Waals surface area contributed by atoms with E-state index in [0.717, 1.165) is 68.8 Å². The SMILES string of the molecule is O=C(Nc1ccc(N2CCN(C3CC3)CC2)cc1)c1ccc2c(c1)NCCCN2. The lowest BCUT2D eigenvalue weighted by Crippen LogP contribution is -2.47. The fraction of sp³-hybridized carbons (Fsp3) is 0.435. The standard InChI is InChI=1S/C23H29N5O/c29-23(17-2-9-21-22(16-17)25-11-1-10-24-21)26-18-3-5-19(6-4-18)27-12-14-28(15-13-27)20-7-8-20/h2-6,9,16,20,24-25H,1,7-8,10-15H2,(H,26,29). The van der Waals surface area contributed by atoms with Gasteiger partial charge in [0.05, 0.1) is 11.4 Å². The van der Waals surface area contributed by atoms with E-state index in [0.29, 0.717) is 5.56 Å². The van der Waals surface area contributed by atoms with Crippen molar-refractivity contribution in [1.29, 1.82) is 0 Å². The summed E-state index contributed by atoms with van der Waals surface area (Å²) in [5.41, 5.74) is 4.79. The van der Waals surface area contributed by atoms with Crippen molar-refractivity contribution in [3.63, 3.8) is 0 Å². The molecule has 5 rings (SSSR count). The Hall–Kier alpha value is -2.73. The highest BCUT2D eigenvalue weighted by Gasteiger charge is 2.31. The Bertz CT molecular complexity index is 869. The van der Waals surface area contributed by atoms with E-state index in [-0.39, 0.29) is 5.91 Å². The molecule has 0 radical (unpaired) electrons. The number of anilines is 4. The fourth-order valence-electron chi connectivity index (χ4n) is 4.26. The summed E-state index contributed by atoms with van der Waals surface area (Å²) in [6.45, 7) is 6.35. The van der Waals surface area contributed by atoms with Gasteiger partial charge in [-0.2, -0.15) is 0 Å². The van der Waals surface area contributed by atoms with Crippen molar-refractivity contribution in [2.24, 2.45) is 0 Å². The van der Waals surface area contributed by atoms with Crippen LogP contribution in [0.25, 0.3) is 0 Å². The first kappa shape index (κ1) is 18.3. The van der Waals surface area contributed by atoms with Gasteiger partial charge in [-0.1, -0.05) is 0 Å². The third kappa shape index (κ3) is 4.17. The Morgan fingerprint density at radius 1 is 0.897 bits per heavy atom. The predicted octanol–water partition coefficient (Wildman–Crippen LogP) is 3.45. The minimum absolute atomic E-state index is 0.0790. The summed E-state index contributed by atoms with van der Waals surface area (Å²) < 4.78 is 0. The Morgan fingerprint density at radius 2 is 1.62 bits per heavy atom. The topological polar surface area (TPSA) is 59.6 Å². The highest BCUT2D eigenvalue weighted by Crippen LogP contribution is 2.29. The number of nitrogens with one attached hydrogen (secondary N) is 3. The maximum absolute atomic E-state index is 12.7. The van der Waals surface area contributed by atoms with Gasteiger partial charge in [0.2, 0.25) is 0 Å². The highest BCUT2D eigenvalue weighted by atomic mass is 16.1. The van der Waals surface area contributed by atoms with Crippen LogP contribution in [0.4, 0.5) is 22.7 Å². The van der Waals surface area contributed by atoms with Gasteiger partial charge in [-0.05, 0) is 61.7 Å². The van der Waals surface area contributed by atoms with Crippen molar-refractivity contribution in [2.45, 2.75) is 25.3 Å². The molecule has 1 saturated heterocycles. The first-order chi connectivity index (χ1) is 14.3. The largest absolute Gasteiger partial charge is 0.383 e. The van der Waals surface area contributed by atoms with Gasteiger partial charge in [-0.25, -0.2) is 0 Å². The maximum atomic E-state index is 12.7. The van der Waals surface area contributed by atoms with E-state index in [9.17, 15) is 4.79 Å². The Kier molecular flexibility index (Phi) is 5.02. The number of nitrogens with zero attached hydrogens (tertiary/aromatic N) is 2. The third-order valence-electron chi connectivity index (χ3n) is 6.13. The van der Waals surface area contributed by atoms with Crippen LogP contribution in [0.2, 0.25) is 0 Å². The molecule has 0 aromatic heterocycles. The lowest BCUT2D eigenvalue weighted by Gasteiger charge is -2.36. The molecule has 1 saturated carbocycles. The number of hydrogen-bond donors (Lipinski definition) is 3. The van der Waals surface area contributed by atoms with Gasteiger partial charge in [0.1, 0.15) is 0 Å². The lowest BCUT2D eigenvalue weighted by molar-refractivity contribution is 0.102. The van der Waals surface area contributed by atoms with Crippen LogP contribution in [0.3, 0.4) is 0 Å². The normalized spacial score (nSPS) is 19.5. The third-order valence-corrected chi connectivity index (χ3v) is 6.13. The lowest BCUT2D eigenvalue weighted by atomic mass is 10.1. The van der Waals surface area contributed by atoms with E-state index in [4.69, 9.17) is 0 Å². The van der Waals surface area contributed by atoms with Crippen molar-refractivity contribution >= 4 is 28.7 Å². The molecule has 0 atom stereocenters. The van der Waals surface area contributed by atoms with Crippen LogP contribution in [-0.2, 0) is 0 Å². The van der Waals surface area contributed by atoms with Crippen LogP contribution >= 0.6 is 0 Å². The zero-order chi connectivity index (χ0) is 19.6. The van der Waals surface area contributed by atoms with E-state index in [1.54, 1.807) is 0 Å². The molecule has 2 aliphatic heterocycles. The summed E-state index contributed by atoms with van der Waals surface area (Å²) >= 11 is 0. The van der Waals surface area contributed by atoms with Gasteiger partial charge in [0, 0.05) is 62.2 Å². The van der Waals surface area contributed by atoms with Crippen molar-refractivity contribution in [3.8, 4) is 0 Å². The molecule has 0 spiro atoms. The molecule has 3 aliphatic rings. The summed E-state index contributed by atoms with van der Waals surface area (Å²) in [5.74, 6) is -0.0790. The van der Waals surface area contributed by atoms with Crippen molar-refractivity contribution in [3.05, 3.63) is 48.0 Å². The molecule has 2 aromatic carbocycles. The van der Waals surface area contributed by atoms with E-state index in [2.05, 4.69) is 37.9 Å². The molecule has 3 N–H and O–H groups in total. The Morgan fingerprint density at radius 3 is 2.34 bits per heavy atom. The Balaban J connectivity index is 1.21. The van der Waals surface area contributed by atoms with Crippen LogP contribution in [0.15, 0.2) is 42.5 Å². The summed E-state index contributed by atoms with van der Waals surface area (Å²) in [6.07, 6.45) is 3.83. The van der Waals surface area contributed by atoms with Crippen molar-refractivity contribution < 1.29 is 4.79 Å². The van der Waals surface area contributed by atoms with Gasteiger partial charge in [-0.3, -0.25) is 9.69 Å². The van der Waals surface area contributed by atoms with Gasteiger partial charge in [-0.15, -0.1) is 0 Å². The number of amides is 1. The van der Waals surface area contributed by atoms with E-state index < -0.39 is 0 Å². The van der Waals surface area contributed by atoms with E-state index >= 15 is 0 Å². The minimum Gasteiger partial charge on any atom is -0.383 e. The minimum atomic E-state index is -0.0790. The molecule has 2 fully saturated rings. The maximum Gasteiger partial charge on any atom is 0.255 e. The van der Waals surface area contributed by atoms with Crippen LogP contribution in [0.5, 0.6) is 0 Å². The number of hydrogen-bond acceptors (Lipinski definition) is 5.